The molecule has 1 aromatic carbocycles. The zero-order valence-corrected chi connectivity index (χ0v) is 10.1. The van der Waals surface area contributed by atoms with Crippen LogP contribution in [-0.2, 0) is 27.3 Å². The second-order valence-corrected chi connectivity index (χ2v) is 4.38. The van der Waals surface area contributed by atoms with Crippen LogP contribution in [0.5, 0.6) is 0 Å². The van der Waals surface area contributed by atoms with Gasteiger partial charge in [0.1, 0.15) is 0 Å². The normalized spacial score (nSPS) is 19.1. The molecule has 0 aromatic heterocycles. The molecule has 0 unspecified atom stereocenters. The molecule has 1 heterocycles. The Morgan fingerprint density at radius 2 is 2.00 bits per heavy atom. The summed E-state index contributed by atoms with van der Waals surface area (Å²) in [5, 5.41) is 0.992. The molecule has 0 fully saturated rings. The Hall–Kier alpha value is -0.770. The van der Waals surface area contributed by atoms with Gasteiger partial charge in [-0.3, -0.25) is 0 Å². The number of hydrogen-bond donors (Lipinski definition) is 0. The van der Waals surface area contributed by atoms with Crippen LogP contribution in [-0.4, -0.2) is 19.2 Å². The molecule has 0 saturated heterocycles. The van der Waals surface area contributed by atoms with E-state index in [1.807, 2.05) is 0 Å². The van der Waals surface area contributed by atoms with Crippen molar-refractivity contribution in [3.05, 3.63) is 33.3 Å². The Kier molecular flexibility index (Phi) is 3.38. The monoisotopic (exact) mass is 260 g/mol. The van der Waals surface area contributed by atoms with Gasteiger partial charge in [0.25, 0.3) is 0 Å². The summed E-state index contributed by atoms with van der Waals surface area (Å²) < 4.78 is 10.0. The largest absolute Gasteiger partial charge is 0.467 e. The predicted molar refractivity (Wildman–Crippen MR) is 60.8 cm³/mol. The highest BCUT2D eigenvalue weighted by atomic mass is 35.5. The Morgan fingerprint density at radius 1 is 1.38 bits per heavy atom. The van der Waals surface area contributed by atoms with Crippen molar-refractivity contribution in [2.45, 2.75) is 19.1 Å². The van der Waals surface area contributed by atoms with Crippen LogP contribution in [0.1, 0.15) is 11.1 Å². The van der Waals surface area contributed by atoms with E-state index in [0.717, 1.165) is 11.1 Å². The summed E-state index contributed by atoms with van der Waals surface area (Å²) in [4.78, 5) is 11.3. The molecule has 0 aliphatic carbocycles. The molecule has 0 N–H and O–H groups in total. The molecule has 1 aliphatic rings. The number of halogens is 2. The summed E-state index contributed by atoms with van der Waals surface area (Å²) in [5.41, 5.74) is 1.95. The van der Waals surface area contributed by atoms with Crippen LogP contribution in [0.4, 0.5) is 0 Å². The highest BCUT2D eigenvalue weighted by molar-refractivity contribution is 6.42. The van der Waals surface area contributed by atoms with E-state index in [9.17, 15) is 4.79 Å². The maximum atomic E-state index is 11.3. The van der Waals surface area contributed by atoms with Crippen LogP contribution >= 0.6 is 23.2 Å². The third-order valence-corrected chi connectivity index (χ3v) is 3.27. The molecule has 0 saturated carbocycles. The van der Waals surface area contributed by atoms with E-state index in [0.29, 0.717) is 23.1 Å². The van der Waals surface area contributed by atoms with Gasteiger partial charge in [0.05, 0.1) is 23.8 Å². The molecule has 2 rings (SSSR count). The third kappa shape index (κ3) is 2.17. The first-order chi connectivity index (χ1) is 7.61. The summed E-state index contributed by atoms with van der Waals surface area (Å²) in [5.74, 6) is -0.364. The molecule has 86 valence electrons. The van der Waals surface area contributed by atoms with Crippen molar-refractivity contribution in [2.75, 3.05) is 7.11 Å². The number of ether oxygens (including phenoxy) is 2. The lowest BCUT2D eigenvalue weighted by Crippen LogP contribution is -2.31. The number of fused-ring (bicyclic) bond motifs is 1. The second kappa shape index (κ2) is 4.62. The molecular weight excluding hydrogens is 251 g/mol. The summed E-state index contributed by atoms with van der Waals surface area (Å²) in [6, 6.07) is 3.55. The van der Waals surface area contributed by atoms with Crippen LogP contribution in [0, 0.1) is 0 Å². The Balaban J connectivity index is 2.27. The Morgan fingerprint density at radius 3 is 2.62 bits per heavy atom. The third-order valence-electron chi connectivity index (χ3n) is 2.55. The van der Waals surface area contributed by atoms with Gasteiger partial charge in [-0.1, -0.05) is 23.2 Å². The second-order valence-electron chi connectivity index (χ2n) is 3.56. The highest BCUT2D eigenvalue weighted by Crippen LogP contribution is 2.30. The van der Waals surface area contributed by atoms with Gasteiger partial charge in [-0.15, -0.1) is 0 Å². The van der Waals surface area contributed by atoms with Crippen LogP contribution < -0.4 is 0 Å². The smallest absolute Gasteiger partial charge is 0.335 e. The number of hydrogen-bond acceptors (Lipinski definition) is 3. The molecule has 0 bridgehead atoms. The van der Waals surface area contributed by atoms with Crippen molar-refractivity contribution >= 4 is 29.2 Å². The summed E-state index contributed by atoms with van der Waals surface area (Å²) in [6.45, 7) is 0.353. The zero-order chi connectivity index (χ0) is 11.7. The molecule has 1 atom stereocenters. The number of rotatable bonds is 1. The maximum Gasteiger partial charge on any atom is 0.335 e. The minimum atomic E-state index is -0.547. The molecule has 0 spiro atoms. The van der Waals surface area contributed by atoms with E-state index in [-0.39, 0.29) is 5.97 Å². The fraction of sp³-hybridized carbons (Fsp3) is 0.364. The Labute approximate surface area is 103 Å². The lowest BCUT2D eigenvalue weighted by atomic mass is 9.99. The van der Waals surface area contributed by atoms with Crippen LogP contribution in [0.15, 0.2) is 12.1 Å². The van der Waals surface area contributed by atoms with Gasteiger partial charge in [-0.2, -0.15) is 0 Å². The highest BCUT2D eigenvalue weighted by Gasteiger charge is 2.26. The van der Waals surface area contributed by atoms with Gasteiger partial charge in [0.2, 0.25) is 0 Å². The minimum absolute atomic E-state index is 0.353. The number of carbonyl (C=O) groups is 1. The SMILES string of the molecule is COC(=O)[C@H]1Cc2cc(Cl)c(Cl)cc2CO1. The van der Waals surface area contributed by atoms with Gasteiger partial charge in [-0.25, -0.2) is 4.79 Å². The molecule has 16 heavy (non-hydrogen) atoms. The Bertz CT molecular complexity index is 431. The molecule has 0 amide bonds. The number of esters is 1. The van der Waals surface area contributed by atoms with Crippen molar-refractivity contribution in [3.8, 4) is 0 Å². The summed E-state index contributed by atoms with van der Waals surface area (Å²) in [6.07, 6.45) is -0.0754. The number of methoxy groups -OCH3 is 1. The number of carbonyl (C=O) groups excluding carboxylic acids is 1. The minimum Gasteiger partial charge on any atom is -0.467 e. The molecule has 0 radical (unpaired) electrons. The zero-order valence-electron chi connectivity index (χ0n) is 8.63. The average molecular weight is 261 g/mol. The lowest BCUT2D eigenvalue weighted by Gasteiger charge is -2.23. The quantitative estimate of drug-likeness (QED) is 0.729. The number of benzene rings is 1. The molecule has 3 nitrogen and oxygen atoms in total. The predicted octanol–water partition coefficient (Wildman–Crippen LogP) is 2.61. The van der Waals surface area contributed by atoms with E-state index in [2.05, 4.69) is 4.74 Å². The summed E-state index contributed by atoms with van der Waals surface area (Å²) >= 11 is 11.8. The van der Waals surface area contributed by atoms with E-state index in [4.69, 9.17) is 27.9 Å². The maximum absolute atomic E-state index is 11.3. The van der Waals surface area contributed by atoms with Crippen molar-refractivity contribution < 1.29 is 14.3 Å². The van der Waals surface area contributed by atoms with E-state index in [1.165, 1.54) is 7.11 Å². The average Bonchev–Trinajstić information content (AvgIpc) is 2.29. The summed E-state index contributed by atoms with van der Waals surface area (Å²) in [7, 11) is 1.34. The fourth-order valence-corrected chi connectivity index (χ4v) is 2.06. The van der Waals surface area contributed by atoms with E-state index >= 15 is 0 Å². The first-order valence-corrected chi connectivity index (χ1v) is 5.53. The molecule has 1 aliphatic heterocycles. The van der Waals surface area contributed by atoms with Crippen molar-refractivity contribution in [1.82, 2.24) is 0 Å². The standard InChI is InChI=1S/C11H10Cl2O3/c1-15-11(14)10-4-6-2-8(12)9(13)3-7(6)5-16-10/h2-3,10H,4-5H2,1H3/t10-/m1/s1. The first kappa shape index (κ1) is 11.7. The van der Waals surface area contributed by atoms with Crippen molar-refractivity contribution in [2.24, 2.45) is 0 Å². The van der Waals surface area contributed by atoms with Gasteiger partial charge >= 0.3 is 5.97 Å². The van der Waals surface area contributed by atoms with Crippen molar-refractivity contribution in [3.63, 3.8) is 0 Å². The topological polar surface area (TPSA) is 35.5 Å². The molecular formula is C11H10Cl2O3. The first-order valence-electron chi connectivity index (χ1n) is 4.78. The van der Waals surface area contributed by atoms with Crippen LogP contribution in [0.3, 0.4) is 0 Å². The van der Waals surface area contributed by atoms with E-state index in [1.54, 1.807) is 12.1 Å². The van der Waals surface area contributed by atoms with Crippen LogP contribution in [0.25, 0.3) is 0 Å². The van der Waals surface area contributed by atoms with Gasteiger partial charge < -0.3 is 9.47 Å². The van der Waals surface area contributed by atoms with Gasteiger partial charge in [0.15, 0.2) is 6.10 Å². The van der Waals surface area contributed by atoms with Crippen molar-refractivity contribution in [1.29, 1.82) is 0 Å². The van der Waals surface area contributed by atoms with Gasteiger partial charge in [0, 0.05) is 6.42 Å². The van der Waals surface area contributed by atoms with Gasteiger partial charge in [-0.05, 0) is 23.3 Å². The lowest BCUT2D eigenvalue weighted by molar-refractivity contribution is -0.155. The fourth-order valence-electron chi connectivity index (χ4n) is 1.69. The van der Waals surface area contributed by atoms with Crippen LogP contribution in [0.2, 0.25) is 10.0 Å². The molecule has 1 aromatic rings. The molecule has 5 heteroatoms. The van der Waals surface area contributed by atoms with E-state index < -0.39 is 6.10 Å².